The van der Waals surface area contributed by atoms with Crippen molar-refractivity contribution in [3.8, 4) is 0 Å². The number of anilines is 1. The molecule has 3 rings (SSSR count). The van der Waals surface area contributed by atoms with Gasteiger partial charge in [0, 0.05) is 17.4 Å². The van der Waals surface area contributed by atoms with Gasteiger partial charge in [-0.15, -0.1) is 0 Å². The third kappa shape index (κ3) is 6.32. The number of nitrogens with one attached hydrogen (secondary N) is 2. The van der Waals surface area contributed by atoms with Crippen molar-refractivity contribution in [3.63, 3.8) is 0 Å². The van der Waals surface area contributed by atoms with Crippen LogP contribution in [0.3, 0.4) is 0 Å². The average molecular weight is 441 g/mol. The summed E-state index contributed by atoms with van der Waals surface area (Å²) in [6.07, 6.45) is 3.41. The SMILES string of the molecule is COC(=O)CCCC[C@@H]1SC[C@@H]2NC(=O)N[C@@H]21.Nc1ccc([As]=O)cc1. The van der Waals surface area contributed by atoms with Gasteiger partial charge in [-0.3, -0.25) is 4.79 Å². The van der Waals surface area contributed by atoms with E-state index in [2.05, 4.69) is 15.4 Å². The Balaban J connectivity index is 0.000000228. The van der Waals surface area contributed by atoms with Gasteiger partial charge in [-0.1, -0.05) is 6.42 Å². The number of fused-ring (bicyclic) bond motifs is 1. The van der Waals surface area contributed by atoms with Gasteiger partial charge in [0.1, 0.15) is 0 Å². The van der Waals surface area contributed by atoms with Gasteiger partial charge in [0.2, 0.25) is 0 Å². The van der Waals surface area contributed by atoms with Crippen LogP contribution in [-0.2, 0) is 13.3 Å². The molecule has 2 amide bonds. The van der Waals surface area contributed by atoms with Crippen LogP contribution < -0.4 is 20.7 Å². The number of unbranched alkanes of at least 4 members (excludes halogenated alkanes) is 1. The first kappa shape index (κ1) is 20.8. The van der Waals surface area contributed by atoms with Crippen molar-refractivity contribution < 1.29 is 18.1 Å². The quantitative estimate of drug-likeness (QED) is 0.198. The molecule has 1 aromatic rings. The summed E-state index contributed by atoms with van der Waals surface area (Å²) in [5, 5.41) is 6.37. The van der Waals surface area contributed by atoms with Crippen LogP contribution in [0.1, 0.15) is 25.7 Å². The molecule has 2 heterocycles. The monoisotopic (exact) mass is 441 g/mol. The van der Waals surface area contributed by atoms with Crippen molar-refractivity contribution in [2.45, 2.75) is 43.0 Å². The maximum absolute atomic E-state index is 11.2. The fraction of sp³-hybridized carbons (Fsp3) is 0.529. The molecule has 142 valence electrons. The van der Waals surface area contributed by atoms with Gasteiger partial charge in [-0.25, -0.2) is 4.79 Å². The molecule has 0 spiro atoms. The number of nitrogen functional groups attached to an aromatic ring is 1. The van der Waals surface area contributed by atoms with E-state index in [0.717, 1.165) is 29.4 Å². The van der Waals surface area contributed by atoms with Crippen LogP contribution in [-0.4, -0.2) is 57.9 Å². The molecule has 9 heteroatoms. The summed E-state index contributed by atoms with van der Waals surface area (Å²) in [7, 11) is 1.42. The summed E-state index contributed by atoms with van der Waals surface area (Å²) in [4.78, 5) is 22.1. The first-order chi connectivity index (χ1) is 12.5. The number of amides is 2. The Labute approximate surface area is 164 Å². The van der Waals surface area contributed by atoms with Crippen molar-refractivity contribution in [2.75, 3.05) is 18.6 Å². The number of carbonyl (C=O) groups is 2. The van der Waals surface area contributed by atoms with Crippen LogP contribution in [0.2, 0.25) is 0 Å². The van der Waals surface area contributed by atoms with E-state index in [0.29, 0.717) is 17.4 Å². The fourth-order valence-corrected chi connectivity index (χ4v) is 5.01. The van der Waals surface area contributed by atoms with E-state index in [1.807, 2.05) is 11.8 Å². The minimum absolute atomic E-state index is 0.0418. The Hall–Kier alpha value is -1.53. The number of ether oxygens (including phenoxy) is 1. The number of rotatable bonds is 6. The zero-order valence-corrected chi connectivity index (χ0v) is 17.3. The Morgan fingerprint density at radius 1 is 1.31 bits per heavy atom. The van der Waals surface area contributed by atoms with Crippen molar-refractivity contribution in [2.24, 2.45) is 0 Å². The molecule has 0 saturated carbocycles. The molecule has 0 bridgehead atoms. The van der Waals surface area contributed by atoms with E-state index in [-0.39, 0.29) is 24.1 Å². The normalized spacial score (nSPS) is 23.4. The van der Waals surface area contributed by atoms with E-state index in [4.69, 9.17) is 5.73 Å². The van der Waals surface area contributed by atoms with Crippen molar-refractivity contribution >= 4 is 49.5 Å². The van der Waals surface area contributed by atoms with Crippen LogP contribution in [0.15, 0.2) is 24.3 Å². The molecular formula is C17H24AsN3O4S. The van der Waals surface area contributed by atoms with E-state index >= 15 is 0 Å². The van der Waals surface area contributed by atoms with Crippen LogP contribution in [0, 0.1) is 0 Å². The third-order valence-corrected chi connectivity index (χ3v) is 6.86. The molecule has 4 N–H and O–H groups in total. The summed E-state index contributed by atoms with van der Waals surface area (Å²) >= 11 is 1.02. The molecule has 26 heavy (non-hydrogen) atoms. The minimum atomic E-state index is -0.885. The van der Waals surface area contributed by atoms with Gasteiger partial charge in [0.25, 0.3) is 0 Å². The number of esters is 1. The van der Waals surface area contributed by atoms with E-state index < -0.39 is 15.7 Å². The number of hydrogen-bond acceptors (Lipinski definition) is 6. The molecule has 1 aromatic carbocycles. The van der Waals surface area contributed by atoms with Crippen molar-refractivity contribution in [1.29, 1.82) is 0 Å². The zero-order valence-electron chi connectivity index (χ0n) is 14.6. The predicted octanol–water partition coefficient (Wildman–Crippen LogP) is 0.829. The number of nitrogens with two attached hydrogens (primary N) is 1. The fourth-order valence-electron chi connectivity index (χ4n) is 2.90. The van der Waals surface area contributed by atoms with Crippen LogP contribution in [0.25, 0.3) is 0 Å². The third-order valence-electron chi connectivity index (χ3n) is 4.28. The van der Waals surface area contributed by atoms with Crippen molar-refractivity contribution in [1.82, 2.24) is 10.6 Å². The maximum atomic E-state index is 11.2. The first-order valence-electron chi connectivity index (χ1n) is 8.48. The molecular weight excluding hydrogens is 417 g/mol. The zero-order chi connectivity index (χ0) is 18.9. The van der Waals surface area contributed by atoms with Gasteiger partial charge < -0.3 is 15.4 Å². The number of benzene rings is 1. The molecule has 2 fully saturated rings. The Bertz CT molecular complexity index is 629. The first-order valence-corrected chi connectivity index (χ1v) is 11.2. The number of hydrogen-bond donors (Lipinski definition) is 3. The molecule has 0 radical (unpaired) electrons. The summed E-state index contributed by atoms with van der Waals surface area (Å²) < 4.78 is 15.8. The summed E-state index contributed by atoms with van der Waals surface area (Å²) in [6.45, 7) is 0. The van der Waals surface area contributed by atoms with Crippen LogP contribution in [0.5, 0.6) is 0 Å². The molecule has 3 atom stereocenters. The summed E-state index contributed by atoms with van der Waals surface area (Å²) in [5.74, 6) is 0.850. The second-order valence-corrected chi connectivity index (χ2v) is 8.87. The Morgan fingerprint density at radius 3 is 2.69 bits per heavy atom. The van der Waals surface area contributed by atoms with Crippen molar-refractivity contribution in [3.05, 3.63) is 24.3 Å². The molecule has 7 nitrogen and oxygen atoms in total. The topological polar surface area (TPSA) is 111 Å². The van der Waals surface area contributed by atoms with Gasteiger partial charge in [0.05, 0.1) is 19.2 Å². The van der Waals surface area contributed by atoms with Crippen LogP contribution in [0.4, 0.5) is 10.5 Å². The van der Waals surface area contributed by atoms with E-state index in [1.54, 1.807) is 24.3 Å². The molecule has 2 aliphatic rings. The number of carbonyl (C=O) groups excluding carboxylic acids is 2. The summed E-state index contributed by atoms with van der Waals surface area (Å²) in [6, 6.07) is 7.58. The molecule has 0 unspecified atom stereocenters. The Morgan fingerprint density at radius 2 is 2.04 bits per heavy atom. The Kier molecular flexibility index (Phi) is 8.45. The average Bonchev–Trinajstić information content (AvgIpc) is 3.19. The second kappa shape index (κ2) is 10.6. The van der Waals surface area contributed by atoms with Crippen LogP contribution >= 0.6 is 11.8 Å². The molecule has 2 aliphatic heterocycles. The van der Waals surface area contributed by atoms with Gasteiger partial charge >= 0.3 is 71.5 Å². The molecule has 2 saturated heterocycles. The number of urea groups is 1. The van der Waals surface area contributed by atoms with Gasteiger partial charge in [0.15, 0.2) is 0 Å². The second-order valence-electron chi connectivity index (χ2n) is 6.13. The van der Waals surface area contributed by atoms with E-state index in [9.17, 15) is 13.3 Å². The summed E-state index contributed by atoms with van der Waals surface area (Å²) in [5.41, 5.74) is 6.11. The molecule has 0 aromatic heterocycles. The number of methoxy groups -OCH3 is 1. The number of thioether (sulfide) groups is 1. The standard InChI is InChI=1S/C11H18N2O3S.C6H6AsNO/c1-16-9(14)5-3-2-4-8-10-7(6-17-8)12-11(15)13-10;8-6-3-1-5(7-9)2-4-6/h7-8,10H,2-6H2,1H3,(H2,12,13,15);1-4H,8H2/t7-,8-,10-;/m0./s1. The molecule has 0 aliphatic carbocycles. The van der Waals surface area contributed by atoms with Gasteiger partial charge in [-0.05, 0) is 12.8 Å². The van der Waals surface area contributed by atoms with Gasteiger partial charge in [-0.2, -0.15) is 11.8 Å². The predicted molar refractivity (Wildman–Crippen MR) is 103 cm³/mol. The van der Waals surface area contributed by atoms with E-state index in [1.165, 1.54) is 7.11 Å².